The summed E-state index contributed by atoms with van der Waals surface area (Å²) in [6.07, 6.45) is 2.13. The second-order valence-corrected chi connectivity index (χ2v) is 12.2. The number of nitrogen functional groups attached to an aromatic ring is 1. The summed E-state index contributed by atoms with van der Waals surface area (Å²) in [7, 11) is -16.3. The Morgan fingerprint density at radius 1 is 1.23 bits per heavy atom. The molecule has 0 aliphatic carbocycles. The minimum Gasteiger partial charge on any atom is -0.369 e. The summed E-state index contributed by atoms with van der Waals surface area (Å²) in [6.45, 7) is -0.0792. The molecular formula is C14H19N7O11P3+. The Hall–Kier alpha value is -2.07. The van der Waals surface area contributed by atoms with Crippen LogP contribution < -0.4 is 10.3 Å². The molecule has 7 N–H and O–H groups in total. The predicted octanol–water partition coefficient (Wildman–Crippen LogP) is -0.0483. The van der Waals surface area contributed by atoms with Gasteiger partial charge in [0.1, 0.15) is 11.1 Å². The summed E-state index contributed by atoms with van der Waals surface area (Å²) in [4.78, 5) is 40.4. The van der Waals surface area contributed by atoms with Crippen molar-refractivity contribution in [2.24, 2.45) is 5.92 Å². The lowest BCUT2D eigenvalue weighted by molar-refractivity contribution is -0.690. The maximum atomic E-state index is 12.0. The van der Waals surface area contributed by atoms with Gasteiger partial charge in [0.15, 0.2) is 0 Å². The van der Waals surface area contributed by atoms with Crippen LogP contribution in [0.25, 0.3) is 22.4 Å². The minimum absolute atomic E-state index is 0.148. The Bertz CT molecular complexity index is 1420. The number of hydrogen-bond donors (Lipinski definition) is 6. The minimum atomic E-state index is -5.60. The number of anilines is 1. The van der Waals surface area contributed by atoms with E-state index in [2.05, 4.69) is 28.9 Å². The summed E-state index contributed by atoms with van der Waals surface area (Å²) >= 11 is 0. The van der Waals surface area contributed by atoms with E-state index in [1.807, 2.05) is 4.57 Å². The molecule has 1 saturated heterocycles. The molecule has 0 bridgehead atoms. The van der Waals surface area contributed by atoms with Gasteiger partial charge in [-0.15, -0.1) is 9.78 Å². The van der Waals surface area contributed by atoms with Crippen molar-refractivity contribution in [2.75, 3.05) is 12.3 Å². The zero-order chi connectivity index (χ0) is 25.2. The molecule has 0 saturated carbocycles. The summed E-state index contributed by atoms with van der Waals surface area (Å²) < 4.78 is 55.9. The molecule has 18 nitrogen and oxygen atoms in total. The number of hydrogen-bond acceptors (Lipinski definition) is 11. The fourth-order valence-corrected chi connectivity index (χ4v) is 7.20. The van der Waals surface area contributed by atoms with Crippen molar-refractivity contribution in [1.82, 2.24) is 25.0 Å². The van der Waals surface area contributed by atoms with Crippen molar-refractivity contribution in [3.05, 3.63) is 18.6 Å². The molecule has 5 unspecified atom stereocenters. The van der Waals surface area contributed by atoms with Gasteiger partial charge in [-0.25, -0.2) is 18.3 Å². The third kappa shape index (κ3) is 4.96. The van der Waals surface area contributed by atoms with Crippen molar-refractivity contribution < 1.29 is 55.7 Å². The number of rotatable bonds is 8. The van der Waals surface area contributed by atoms with Gasteiger partial charge in [0.25, 0.3) is 5.65 Å². The molecule has 3 aromatic heterocycles. The van der Waals surface area contributed by atoms with Crippen LogP contribution in [-0.2, 0) is 38.1 Å². The van der Waals surface area contributed by atoms with Gasteiger partial charge in [0.05, 0.1) is 30.9 Å². The smallest absolute Gasteiger partial charge is 0.369 e. The highest BCUT2D eigenvalue weighted by molar-refractivity contribution is 7.66. The molecule has 0 radical (unpaired) electrons. The van der Waals surface area contributed by atoms with Crippen LogP contribution in [0.4, 0.5) is 5.82 Å². The summed E-state index contributed by atoms with van der Waals surface area (Å²) in [5.74, 6) is 0.109. The molecule has 2 aliphatic heterocycles. The summed E-state index contributed by atoms with van der Waals surface area (Å²) in [6, 6.07) is 1.72. The summed E-state index contributed by atoms with van der Waals surface area (Å²) in [5.41, 5.74) is 7.90. The Morgan fingerprint density at radius 2 is 2.00 bits per heavy atom. The first-order chi connectivity index (χ1) is 16.3. The maximum absolute atomic E-state index is 12.0. The van der Waals surface area contributed by atoms with E-state index in [1.165, 1.54) is 0 Å². The third-order valence-electron chi connectivity index (χ3n) is 5.32. The quantitative estimate of drug-likeness (QED) is 0.158. The number of aromatic nitrogens is 6. The second-order valence-electron chi connectivity index (χ2n) is 7.78. The van der Waals surface area contributed by atoms with Crippen LogP contribution in [0.3, 0.4) is 0 Å². The van der Waals surface area contributed by atoms with Gasteiger partial charge in [-0.05, 0) is 12.5 Å². The van der Waals surface area contributed by atoms with Crippen molar-refractivity contribution >= 4 is 40.3 Å². The van der Waals surface area contributed by atoms with E-state index in [1.54, 1.807) is 23.3 Å². The number of fused-ring (bicyclic) bond motifs is 2. The van der Waals surface area contributed by atoms with E-state index in [4.69, 9.17) is 24.8 Å². The average molecular weight is 554 g/mol. The summed E-state index contributed by atoms with van der Waals surface area (Å²) in [5, 5.41) is 12.0. The lowest BCUT2D eigenvalue weighted by atomic mass is 10.0. The molecule has 35 heavy (non-hydrogen) atoms. The number of phosphoric ester groups is 1. The van der Waals surface area contributed by atoms with Gasteiger partial charge < -0.3 is 30.0 Å². The van der Waals surface area contributed by atoms with Gasteiger partial charge >= 0.3 is 23.5 Å². The van der Waals surface area contributed by atoms with Crippen LogP contribution in [0.2, 0.25) is 0 Å². The first kappa shape index (κ1) is 24.6. The van der Waals surface area contributed by atoms with Crippen LogP contribution in [0.15, 0.2) is 18.6 Å². The van der Waals surface area contributed by atoms with Gasteiger partial charge in [-0.1, -0.05) is 4.98 Å². The maximum Gasteiger partial charge on any atom is 0.490 e. The number of nitrogens with one attached hydrogen (secondary N) is 1. The van der Waals surface area contributed by atoms with E-state index < -0.39 is 42.4 Å². The Labute approximate surface area is 195 Å². The number of nitrogens with two attached hydrogens (primary N) is 1. The number of phosphoric acid groups is 3. The van der Waals surface area contributed by atoms with Crippen molar-refractivity contribution in [1.29, 1.82) is 0 Å². The van der Waals surface area contributed by atoms with Gasteiger partial charge in [-0.3, -0.25) is 9.62 Å². The Balaban J connectivity index is 1.34. The van der Waals surface area contributed by atoms with Crippen LogP contribution >= 0.6 is 23.5 Å². The standard InChI is InChI=1S/C14H18N7O11P3/c15-12-10-11(9-1-2-17-18-9)19-21-13(10)20(6-16-12)4-7-3-8(30-14(7)21)5-29-34(25,26)32-35(27,28)31-33(22,23)24/h1-2,6-8,14-15H,3-5H2,(H5,17,18,19,22,23,24,25,26,27,28)/p+1. The highest BCUT2D eigenvalue weighted by Crippen LogP contribution is 2.66. The number of H-pyrrole nitrogens is 1. The van der Waals surface area contributed by atoms with E-state index in [0.29, 0.717) is 35.4 Å². The van der Waals surface area contributed by atoms with Crippen molar-refractivity contribution in [2.45, 2.75) is 25.3 Å². The molecule has 0 spiro atoms. The van der Waals surface area contributed by atoms with E-state index >= 15 is 0 Å². The normalized spacial score (nSPS) is 25.3. The Kier molecular flexibility index (Phi) is 5.98. The topological polar surface area (TPSA) is 258 Å². The fraction of sp³-hybridized carbons (Fsp3) is 0.429. The highest BCUT2D eigenvalue weighted by Gasteiger charge is 2.47. The average Bonchev–Trinajstić information content (AvgIpc) is 3.44. The first-order valence-electron chi connectivity index (χ1n) is 9.81. The lowest BCUT2D eigenvalue weighted by Gasteiger charge is -2.21. The van der Waals surface area contributed by atoms with Gasteiger partial charge in [0, 0.05) is 6.20 Å². The third-order valence-corrected chi connectivity index (χ3v) is 9.12. The fourth-order valence-electron chi connectivity index (χ4n) is 4.16. The molecule has 1 fully saturated rings. The van der Waals surface area contributed by atoms with Crippen molar-refractivity contribution in [3.63, 3.8) is 0 Å². The molecule has 5 heterocycles. The zero-order valence-electron chi connectivity index (χ0n) is 17.4. The lowest BCUT2D eigenvalue weighted by Crippen LogP contribution is -2.46. The Morgan fingerprint density at radius 3 is 2.69 bits per heavy atom. The monoisotopic (exact) mass is 554 g/mol. The molecule has 21 heteroatoms. The molecule has 5 atom stereocenters. The number of aromatic amines is 1. The largest absolute Gasteiger partial charge is 0.490 e. The van der Waals surface area contributed by atoms with Gasteiger partial charge in [-0.2, -0.15) is 13.7 Å². The number of ether oxygens (including phenoxy) is 1. The van der Waals surface area contributed by atoms with Crippen LogP contribution in [0.1, 0.15) is 12.6 Å². The van der Waals surface area contributed by atoms with E-state index in [-0.39, 0.29) is 11.7 Å². The molecule has 2 aliphatic rings. The van der Waals surface area contributed by atoms with Crippen molar-refractivity contribution in [3.8, 4) is 11.4 Å². The molecule has 5 rings (SSSR count). The molecule has 190 valence electrons. The van der Waals surface area contributed by atoms with Crippen LogP contribution in [-0.4, -0.2) is 57.2 Å². The highest BCUT2D eigenvalue weighted by atomic mass is 31.3. The number of nitrogens with zero attached hydrogens (tertiary/aromatic N) is 5. The van der Waals surface area contributed by atoms with E-state index in [0.717, 1.165) is 0 Å². The zero-order valence-corrected chi connectivity index (χ0v) is 20.1. The van der Waals surface area contributed by atoms with Crippen LogP contribution in [0, 0.1) is 5.92 Å². The van der Waals surface area contributed by atoms with E-state index in [9.17, 15) is 23.5 Å². The first-order valence-corrected chi connectivity index (χ1v) is 14.3. The second kappa shape index (κ2) is 8.50. The molecule has 0 amide bonds. The molecule has 0 aromatic carbocycles. The molecular weight excluding hydrogens is 535 g/mol. The SMILES string of the molecule is Nc1nc[n+]2c3c1c(-c1ccn[nH]1)nn3C1OC(COP(=O)(O)OP(=O)(O)OP(=O)(O)O)CC1C2. The predicted molar refractivity (Wildman–Crippen MR) is 112 cm³/mol. The molecule has 3 aromatic rings. The van der Waals surface area contributed by atoms with Gasteiger partial charge in [0.2, 0.25) is 18.4 Å². The van der Waals surface area contributed by atoms with Crippen LogP contribution in [0.5, 0.6) is 0 Å².